The number of imide groups is 1. The van der Waals surface area contributed by atoms with Gasteiger partial charge in [0, 0.05) is 0 Å². The highest BCUT2D eigenvalue weighted by molar-refractivity contribution is 14.1. The Kier molecular flexibility index (Phi) is 9.18. The van der Waals surface area contributed by atoms with Gasteiger partial charge in [-0.15, -0.1) is 0 Å². The minimum atomic E-state index is -0.629. The van der Waals surface area contributed by atoms with E-state index in [1.807, 2.05) is 28.7 Å². The lowest BCUT2D eigenvalue weighted by molar-refractivity contribution is -0.123. The molecule has 1 fully saturated rings. The number of ether oxygens (including phenoxy) is 4. The number of carbonyl (C=O) groups is 3. The molecule has 8 nitrogen and oxygen atoms in total. The molecule has 0 radical (unpaired) electrons. The molecule has 1 aliphatic heterocycles. The summed E-state index contributed by atoms with van der Waals surface area (Å²) >= 11 is 8.96. The molecule has 4 rings (SSSR count). The van der Waals surface area contributed by atoms with E-state index in [4.69, 9.17) is 30.5 Å². The molecular weight excluding hydrogens is 645 g/mol. The van der Waals surface area contributed by atoms with E-state index in [2.05, 4.69) is 0 Å². The van der Waals surface area contributed by atoms with Gasteiger partial charge in [-0.1, -0.05) is 35.9 Å². The molecule has 0 aromatic heterocycles. The molecule has 3 aromatic carbocycles. The van der Waals surface area contributed by atoms with Gasteiger partial charge >= 0.3 is 5.97 Å². The van der Waals surface area contributed by atoms with Crippen LogP contribution in [0.25, 0.3) is 6.08 Å². The number of rotatable bonds is 9. The quantitative estimate of drug-likeness (QED) is 0.114. The van der Waals surface area contributed by atoms with Crippen molar-refractivity contribution in [3.63, 3.8) is 0 Å². The van der Waals surface area contributed by atoms with Crippen LogP contribution in [0.3, 0.4) is 0 Å². The van der Waals surface area contributed by atoms with Crippen molar-refractivity contribution in [2.24, 2.45) is 0 Å². The van der Waals surface area contributed by atoms with Crippen LogP contribution in [0.1, 0.15) is 15.9 Å². The predicted molar refractivity (Wildman–Crippen MR) is 153 cm³/mol. The second-order valence-corrected chi connectivity index (χ2v) is 10.3. The lowest BCUT2D eigenvalue weighted by atomic mass is 10.1. The number of esters is 1. The van der Waals surface area contributed by atoms with E-state index in [0.717, 1.165) is 16.7 Å². The fraction of sp³-hybridized carbons (Fsp3) is 0.148. The van der Waals surface area contributed by atoms with Gasteiger partial charge in [-0.3, -0.25) is 14.5 Å². The monoisotopic (exact) mass is 665 g/mol. The van der Waals surface area contributed by atoms with Crippen molar-refractivity contribution in [3.05, 3.63) is 85.3 Å². The van der Waals surface area contributed by atoms with E-state index in [1.54, 1.807) is 60.7 Å². The Morgan fingerprint density at radius 2 is 1.68 bits per heavy atom. The Morgan fingerprint density at radius 3 is 2.39 bits per heavy atom. The van der Waals surface area contributed by atoms with Gasteiger partial charge in [0.25, 0.3) is 11.1 Å². The predicted octanol–water partition coefficient (Wildman–Crippen LogP) is 6.30. The number of hydrogen-bond acceptors (Lipinski definition) is 8. The number of benzene rings is 3. The van der Waals surface area contributed by atoms with Gasteiger partial charge in [0.05, 0.1) is 39.8 Å². The van der Waals surface area contributed by atoms with Crippen molar-refractivity contribution in [2.45, 2.75) is 0 Å². The number of halogens is 2. The Bertz CT molecular complexity index is 1430. The Labute approximate surface area is 242 Å². The molecule has 0 unspecified atom stereocenters. The molecule has 196 valence electrons. The molecule has 1 aliphatic rings. The topological polar surface area (TPSA) is 91.4 Å². The zero-order valence-corrected chi connectivity index (χ0v) is 24.0. The molecule has 0 atom stereocenters. The number of hydrogen-bond donors (Lipinski definition) is 0. The summed E-state index contributed by atoms with van der Waals surface area (Å²) in [6, 6.07) is 17.0. The van der Waals surface area contributed by atoms with Gasteiger partial charge in [0.2, 0.25) is 0 Å². The van der Waals surface area contributed by atoms with Crippen LogP contribution < -0.4 is 18.9 Å². The average Bonchev–Trinajstić information content (AvgIpc) is 3.17. The second kappa shape index (κ2) is 12.5. The molecule has 38 heavy (non-hydrogen) atoms. The zero-order valence-electron chi connectivity index (χ0n) is 20.2. The Morgan fingerprint density at radius 1 is 1.00 bits per heavy atom. The van der Waals surface area contributed by atoms with Crippen LogP contribution >= 0.6 is 46.0 Å². The van der Waals surface area contributed by atoms with Crippen molar-refractivity contribution < 1.29 is 33.3 Å². The molecule has 0 saturated carbocycles. The van der Waals surface area contributed by atoms with Crippen molar-refractivity contribution >= 4 is 69.1 Å². The third kappa shape index (κ3) is 6.25. The van der Waals surface area contributed by atoms with Gasteiger partial charge in [-0.25, -0.2) is 4.79 Å². The van der Waals surface area contributed by atoms with Gasteiger partial charge in [-0.2, -0.15) is 0 Å². The Hall–Kier alpha value is -3.22. The molecule has 11 heteroatoms. The molecule has 0 bridgehead atoms. The summed E-state index contributed by atoms with van der Waals surface area (Å²) in [5.41, 5.74) is 0.819. The van der Waals surface area contributed by atoms with Crippen molar-refractivity contribution in [3.8, 4) is 23.0 Å². The van der Waals surface area contributed by atoms with Crippen LogP contribution in [0.2, 0.25) is 5.02 Å². The number of methoxy groups -OCH3 is 2. The lowest BCUT2D eigenvalue weighted by Crippen LogP contribution is -2.32. The van der Waals surface area contributed by atoms with Crippen LogP contribution in [0.15, 0.2) is 65.6 Å². The maximum absolute atomic E-state index is 12.9. The summed E-state index contributed by atoms with van der Waals surface area (Å²) in [5.74, 6) is 0.535. The summed E-state index contributed by atoms with van der Waals surface area (Å²) < 4.78 is 22.5. The number of carbonyl (C=O) groups excluding carboxylic acids is 3. The second-order valence-electron chi connectivity index (χ2n) is 7.74. The molecule has 1 saturated heterocycles. The van der Waals surface area contributed by atoms with Crippen LogP contribution in [0.5, 0.6) is 23.0 Å². The van der Waals surface area contributed by atoms with Crippen molar-refractivity contribution in [1.29, 1.82) is 0 Å². The fourth-order valence-corrected chi connectivity index (χ4v) is 5.34. The van der Waals surface area contributed by atoms with Gasteiger partial charge in [-0.05, 0) is 82.4 Å². The van der Waals surface area contributed by atoms with Crippen LogP contribution in [0, 0.1) is 3.57 Å². The minimum absolute atomic E-state index is 0.0812. The largest absolute Gasteiger partial charge is 0.493 e. The maximum atomic E-state index is 12.9. The summed E-state index contributed by atoms with van der Waals surface area (Å²) in [7, 11) is 2.98. The number of thioether (sulfide) groups is 1. The highest BCUT2D eigenvalue weighted by atomic mass is 127. The molecule has 0 aliphatic carbocycles. The summed E-state index contributed by atoms with van der Waals surface area (Å²) in [6.07, 6.45) is 1.59. The minimum Gasteiger partial charge on any atom is -0.493 e. The van der Waals surface area contributed by atoms with E-state index in [9.17, 15) is 14.4 Å². The molecule has 3 aromatic rings. The number of para-hydroxylation sites is 2. The normalized spacial score (nSPS) is 14.1. The zero-order chi connectivity index (χ0) is 27.2. The highest BCUT2D eigenvalue weighted by Crippen LogP contribution is 2.38. The van der Waals surface area contributed by atoms with E-state index >= 15 is 0 Å². The fourth-order valence-electron chi connectivity index (χ4n) is 3.53. The van der Waals surface area contributed by atoms with E-state index in [0.29, 0.717) is 20.6 Å². The first-order valence-corrected chi connectivity index (χ1v) is 13.4. The maximum Gasteiger partial charge on any atom is 0.345 e. The third-order valence-electron chi connectivity index (χ3n) is 5.35. The van der Waals surface area contributed by atoms with E-state index in [1.165, 1.54) is 14.2 Å². The van der Waals surface area contributed by atoms with Crippen molar-refractivity contribution in [1.82, 2.24) is 4.90 Å². The van der Waals surface area contributed by atoms with E-state index in [-0.39, 0.29) is 40.1 Å². The van der Waals surface area contributed by atoms with Gasteiger partial charge in [0.15, 0.2) is 23.0 Å². The standard InChI is InChI=1S/C27H21ClINO7S/c1-34-20-9-5-6-10-21(20)36-12-11-30-25(31)23(38-27(30)33)15-16-13-19(29)24(22(14-16)35-2)37-26(32)17-7-3-4-8-18(17)28/h3-10,13-15H,11-12H2,1-2H3/b23-15-. The molecule has 1 heterocycles. The van der Waals surface area contributed by atoms with Crippen molar-refractivity contribution in [2.75, 3.05) is 27.4 Å². The van der Waals surface area contributed by atoms with Gasteiger partial charge < -0.3 is 18.9 Å². The first-order valence-electron chi connectivity index (χ1n) is 11.2. The molecule has 2 amide bonds. The Balaban J connectivity index is 1.48. The smallest absolute Gasteiger partial charge is 0.345 e. The average molecular weight is 666 g/mol. The number of amides is 2. The van der Waals surface area contributed by atoms with Gasteiger partial charge in [0.1, 0.15) is 6.61 Å². The van der Waals surface area contributed by atoms with Crippen LogP contribution in [-0.4, -0.2) is 49.4 Å². The van der Waals surface area contributed by atoms with Crippen LogP contribution in [0.4, 0.5) is 4.79 Å². The summed E-state index contributed by atoms with van der Waals surface area (Å²) in [4.78, 5) is 39.5. The lowest BCUT2D eigenvalue weighted by Gasteiger charge is -2.14. The number of nitrogens with zero attached hydrogens (tertiary/aromatic N) is 1. The molecular formula is C27H21ClINO7S. The molecule has 0 N–H and O–H groups in total. The first kappa shape index (κ1) is 27.8. The first-order chi connectivity index (χ1) is 18.3. The van der Waals surface area contributed by atoms with E-state index < -0.39 is 17.1 Å². The SMILES string of the molecule is COc1ccccc1OCCN1C(=O)S/C(=C\c2cc(I)c(OC(=O)c3ccccc3Cl)c(OC)c2)C1=O. The van der Waals surface area contributed by atoms with Crippen LogP contribution in [-0.2, 0) is 4.79 Å². The summed E-state index contributed by atoms with van der Waals surface area (Å²) in [6.45, 7) is 0.195. The summed E-state index contributed by atoms with van der Waals surface area (Å²) in [5, 5.41) is -0.121. The highest BCUT2D eigenvalue weighted by Gasteiger charge is 2.35. The molecule has 0 spiro atoms. The third-order valence-corrected chi connectivity index (χ3v) is 7.39.